The molecule has 0 aliphatic carbocycles. The van der Waals surface area contributed by atoms with Gasteiger partial charge in [-0.05, 0) is 37.1 Å². The number of phenols is 1. The summed E-state index contributed by atoms with van der Waals surface area (Å²) in [6.07, 6.45) is 0. The van der Waals surface area contributed by atoms with E-state index < -0.39 is 18.0 Å². The summed E-state index contributed by atoms with van der Waals surface area (Å²) in [7, 11) is 2.80. The molecule has 158 valence electrons. The average Bonchev–Trinajstić information content (AvgIpc) is 2.72. The molecule has 2 aromatic rings. The molecule has 0 spiro atoms. The van der Waals surface area contributed by atoms with Crippen molar-refractivity contribution in [1.82, 2.24) is 10.6 Å². The van der Waals surface area contributed by atoms with Gasteiger partial charge < -0.3 is 30.0 Å². The number of allylic oxidation sites excluding steroid dienone is 1. The van der Waals surface area contributed by atoms with Gasteiger partial charge >= 0.3 is 12.0 Å². The number of hydrogen-bond donors (Lipinski definition) is 3. The Balaban J connectivity index is 1.93. The predicted molar refractivity (Wildman–Crippen MR) is 109 cm³/mol. The van der Waals surface area contributed by atoms with Crippen LogP contribution in [0.25, 0.3) is 0 Å². The fraction of sp³-hybridized carbons (Fsp3) is 0.273. The van der Waals surface area contributed by atoms with Crippen LogP contribution in [-0.4, -0.2) is 31.3 Å². The van der Waals surface area contributed by atoms with Crippen molar-refractivity contribution in [3.63, 3.8) is 0 Å². The van der Waals surface area contributed by atoms with Gasteiger partial charge in [0.05, 0.1) is 25.8 Å². The summed E-state index contributed by atoms with van der Waals surface area (Å²) in [6, 6.07) is 9.45. The third-order valence-electron chi connectivity index (χ3n) is 4.82. The van der Waals surface area contributed by atoms with Crippen LogP contribution in [-0.2, 0) is 16.1 Å². The smallest absolute Gasteiger partial charge is 0.338 e. The topological polar surface area (TPSA) is 106 Å². The second-order valence-corrected chi connectivity index (χ2v) is 6.91. The Hall–Kier alpha value is -3.68. The minimum Gasteiger partial charge on any atom is -0.502 e. The number of aromatic hydroxyl groups is 1. The molecule has 1 aliphatic rings. The summed E-state index contributed by atoms with van der Waals surface area (Å²) in [6.45, 7) is 3.70. The number of urea groups is 1. The first-order valence-corrected chi connectivity index (χ1v) is 9.30. The summed E-state index contributed by atoms with van der Waals surface area (Å²) in [5, 5.41) is 15.5. The minimum absolute atomic E-state index is 0.0960. The minimum atomic E-state index is -0.812. The molecule has 0 unspecified atom stereocenters. The van der Waals surface area contributed by atoms with Crippen molar-refractivity contribution in [3.05, 3.63) is 64.4 Å². The zero-order valence-electron chi connectivity index (χ0n) is 17.2. The molecule has 0 saturated carbocycles. The van der Waals surface area contributed by atoms with E-state index in [1.807, 2.05) is 31.2 Å². The summed E-state index contributed by atoms with van der Waals surface area (Å²) < 4.78 is 15.9. The predicted octanol–water partition coefficient (Wildman–Crippen LogP) is 3.09. The average molecular weight is 412 g/mol. The Kier molecular flexibility index (Phi) is 6.15. The van der Waals surface area contributed by atoms with E-state index in [-0.39, 0.29) is 29.4 Å². The van der Waals surface area contributed by atoms with Crippen LogP contribution in [0.2, 0.25) is 0 Å². The van der Waals surface area contributed by atoms with Gasteiger partial charge in [0.2, 0.25) is 5.75 Å². The molecule has 1 heterocycles. The van der Waals surface area contributed by atoms with E-state index in [9.17, 15) is 14.7 Å². The number of esters is 1. The van der Waals surface area contributed by atoms with Crippen LogP contribution >= 0.6 is 0 Å². The number of ether oxygens (including phenoxy) is 3. The third-order valence-corrected chi connectivity index (χ3v) is 4.82. The van der Waals surface area contributed by atoms with E-state index >= 15 is 0 Å². The third kappa shape index (κ3) is 4.32. The van der Waals surface area contributed by atoms with Crippen LogP contribution in [0.4, 0.5) is 4.79 Å². The molecule has 1 aliphatic heterocycles. The molecule has 0 radical (unpaired) electrons. The molecular formula is C22H24N2O6. The highest BCUT2D eigenvalue weighted by Crippen LogP contribution is 2.40. The lowest BCUT2D eigenvalue weighted by molar-refractivity contribution is -0.140. The van der Waals surface area contributed by atoms with Crippen molar-refractivity contribution in [3.8, 4) is 17.2 Å². The van der Waals surface area contributed by atoms with Crippen molar-refractivity contribution in [2.75, 3.05) is 14.2 Å². The Bertz CT molecular complexity index is 972. The fourth-order valence-corrected chi connectivity index (χ4v) is 3.21. The first-order valence-electron chi connectivity index (χ1n) is 9.30. The molecule has 30 heavy (non-hydrogen) atoms. The lowest BCUT2D eigenvalue weighted by atomic mass is 9.95. The van der Waals surface area contributed by atoms with Crippen molar-refractivity contribution in [2.45, 2.75) is 26.5 Å². The highest BCUT2D eigenvalue weighted by molar-refractivity contribution is 5.95. The molecule has 1 atom stereocenters. The molecule has 2 amide bonds. The number of aryl methyl sites for hydroxylation is 1. The van der Waals surface area contributed by atoms with E-state index in [2.05, 4.69) is 10.6 Å². The van der Waals surface area contributed by atoms with E-state index in [1.54, 1.807) is 6.92 Å². The molecule has 8 nitrogen and oxygen atoms in total. The van der Waals surface area contributed by atoms with Crippen molar-refractivity contribution in [2.24, 2.45) is 0 Å². The van der Waals surface area contributed by atoms with E-state index in [1.165, 1.54) is 26.4 Å². The van der Waals surface area contributed by atoms with Crippen LogP contribution in [0.15, 0.2) is 47.7 Å². The molecule has 3 N–H and O–H groups in total. The Morgan fingerprint density at radius 2 is 1.67 bits per heavy atom. The first-order chi connectivity index (χ1) is 14.3. The van der Waals surface area contributed by atoms with Gasteiger partial charge in [0.25, 0.3) is 0 Å². The molecule has 0 fully saturated rings. The van der Waals surface area contributed by atoms with Gasteiger partial charge in [-0.1, -0.05) is 29.8 Å². The maximum atomic E-state index is 12.9. The second kappa shape index (κ2) is 8.77. The number of hydrogen-bond acceptors (Lipinski definition) is 6. The highest BCUT2D eigenvalue weighted by atomic mass is 16.5. The van der Waals surface area contributed by atoms with Crippen LogP contribution in [0.5, 0.6) is 17.2 Å². The van der Waals surface area contributed by atoms with Crippen LogP contribution < -0.4 is 20.1 Å². The van der Waals surface area contributed by atoms with Gasteiger partial charge in [0.15, 0.2) is 11.5 Å². The molecule has 0 bridgehead atoms. The van der Waals surface area contributed by atoms with Gasteiger partial charge in [0, 0.05) is 5.70 Å². The van der Waals surface area contributed by atoms with Crippen molar-refractivity contribution < 1.29 is 28.9 Å². The number of rotatable bonds is 6. The maximum Gasteiger partial charge on any atom is 0.338 e. The first kappa shape index (κ1) is 21.0. The Morgan fingerprint density at radius 3 is 2.23 bits per heavy atom. The van der Waals surface area contributed by atoms with Crippen molar-refractivity contribution in [1.29, 1.82) is 0 Å². The number of carbonyl (C=O) groups is 2. The molecule has 0 aromatic heterocycles. The zero-order valence-corrected chi connectivity index (χ0v) is 17.2. The lowest BCUT2D eigenvalue weighted by Gasteiger charge is -2.28. The quantitative estimate of drug-likeness (QED) is 0.630. The second-order valence-electron chi connectivity index (χ2n) is 6.91. The number of carbonyl (C=O) groups excluding carboxylic acids is 2. The Labute approximate surface area is 174 Å². The standard InChI is InChI=1S/C22H24N2O6/c1-12-5-7-14(8-6-12)11-30-21(26)18-13(2)23-22(27)24-19(18)15-9-16(28-3)20(25)17(10-15)29-4/h5-10,19,25H,11H2,1-4H3,(H2,23,24,27)/t19-/m1/s1. The van der Waals surface area contributed by atoms with Crippen LogP contribution in [0.3, 0.4) is 0 Å². The van der Waals surface area contributed by atoms with Gasteiger partial charge in [0.1, 0.15) is 6.61 Å². The summed E-state index contributed by atoms with van der Waals surface area (Å²) in [5.74, 6) is -0.436. The number of phenolic OH excluding ortho intramolecular Hbond substituents is 1. The maximum absolute atomic E-state index is 12.9. The SMILES string of the molecule is COc1cc([C@H]2NC(=O)NC(C)=C2C(=O)OCc2ccc(C)cc2)cc(OC)c1O. The molecule has 0 saturated heterocycles. The fourth-order valence-electron chi connectivity index (χ4n) is 3.21. The largest absolute Gasteiger partial charge is 0.502 e. The van der Waals surface area contributed by atoms with Crippen molar-refractivity contribution >= 4 is 12.0 Å². The molecule has 2 aromatic carbocycles. The van der Waals surface area contributed by atoms with Gasteiger partial charge in [-0.25, -0.2) is 9.59 Å². The normalized spacial score (nSPS) is 15.9. The highest BCUT2D eigenvalue weighted by Gasteiger charge is 2.33. The lowest BCUT2D eigenvalue weighted by Crippen LogP contribution is -2.45. The zero-order chi connectivity index (χ0) is 21.8. The Morgan fingerprint density at radius 1 is 1.07 bits per heavy atom. The summed E-state index contributed by atoms with van der Waals surface area (Å²) in [4.78, 5) is 25.0. The monoisotopic (exact) mass is 412 g/mol. The molecule has 8 heteroatoms. The van der Waals surface area contributed by atoms with Gasteiger partial charge in [-0.3, -0.25) is 0 Å². The van der Waals surface area contributed by atoms with Crippen LogP contribution in [0, 0.1) is 6.92 Å². The van der Waals surface area contributed by atoms with E-state index in [0.717, 1.165) is 11.1 Å². The van der Waals surface area contributed by atoms with E-state index in [0.29, 0.717) is 11.3 Å². The number of methoxy groups -OCH3 is 2. The van der Waals surface area contributed by atoms with Gasteiger partial charge in [-0.15, -0.1) is 0 Å². The number of nitrogens with one attached hydrogen (secondary N) is 2. The molecular weight excluding hydrogens is 388 g/mol. The molecule has 3 rings (SSSR count). The number of benzene rings is 2. The van der Waals surface area contributed by atoms with Gasteiger partial charge in [-0.2, -0.15) is 0 Å². The summed E-state index contributed by atoms with van der Waals surface area (Å²) >= 11 is 0. The van der Waals surface area contributed by atoms with E-state index in [4.69, 9.17) is 14.2 Å². The van der Waals surface area contributed by atoms with Crippen LogP contribution in [0.1, 0.15) is 29.7 Å². The number of amides is 2. The summed E-state index contributed by atoms with van der Waals surface area (Å²) in [5.41, 5.74) is 3.08.